The molecule has 0 aromatic heterocycles. The molecule has 0 saturated carbocycles. The van der Waals surface area contributed by atoms with Crippen LogP contribution in [-0.4, -0.2) is 13.2 Å². The van der Waals surface area contributed by atoms with E-state index in [0.29, 0.717) is 11.3 Å². The van der Waals surface area contributed by atoms with Crippen molar-refractivity contribution in [2.75, 3.05) is 13.2 Å². The Kier molecular flexibility index (Phi) is 4.35. The predicted molar refractivity (Wildman–Crippen MR) is 84.1 cm³/mol. The summed E-state index contributed by atoms with van der Waals surface area (Å²) < 4.78 is 6.16. The Morgan fingerprint density at radius 2 is 1.74 bits per heavy atom. The lowest BCUT2D eigenvalue weighted by atomic mass is 9.81. The average molecular weight is 279 g/mol. The fourth-order valence-electron chi connectivity index (χ4n) is 2.65. The van der Waals surface area contributed by atoms with E-state index in [-0.39, 0.29) is 0 Å². The van der Waals surface area contributed by atoms with Crippen LogP contribution >= 0.6 is 8.30 Å². The molecule has 1 fully saturated rings. The van der Waals surface area contributed by atoms with Gasteiger partial charge in [0.1, 0.15) is 8.30 Å². The molecule has 2 rings (SSSR count). The van der Waals surface area contributed by atoms with E-state index in [9.17, 15) is 0 Å². The second-order valence-corrected chi connectivity index (χ2v) is 8.37. The van der Waals surface area contributed by atoms with E-state index < -0.39 is 8.30 Å². The lowest BCUT2D eigenvalue weighted by molar-refractivity contribution is 0.141. The number of hydrogen-bond acceptors (Lipinski definition) is 2. The third-order valence-electron chi connectivity index (χ3n) is 3.95. The smallest absolute Gasteiger partial charge is 0.135 e. The maximum atomic E-state index is 6.16. The standard InChI is InChI=1S/C16H26NOP/c1-11-7-12(2)15(13(3)8-11)19-17-9-14(10-18-19)16(4,5)6/h7-8,14,17H,9-10H2,1-6H3. The van der Waals surface area contributed by atoms with Crippen LogP contribution in [0.25, 0.3) is 0 Å². The highest BCUT2D eigenvalue weighted by molar-refractivity contribution is 7.59. The summed E-state index contributed by atoms with van der Waals surface area (Å²) in [5.74, 6) is 0.595. The highest BCUT2D eigenvalue weighted by atomic mass is 31.2. The van der Waals surface area contributed by atoms with Gasteiger partial charge in [-0.25, -0.2) is 0 Å². The summed E-state index contributed by atoms with van der Waals surface area (Å²) in [6.45, 7) is 15.3. The minimum atomic E-state index is -0.645. The quantitative estimate of drug-likeness (QED) is 0.789. The van der Waals surface area contributed by atoms with Gasteiger partial charge in [-0.2, -0.15) is 0 Å². The Labute approximate surface area is 118 Å². The van der Waals surface area contributed by atoms with Crippen molar-refractivity contribution >= 4 is 13.6 Å². The molecular weight excluding hydrogens is 253 g/mol. The highest BCUT2D eigenvalue weighted by Gasteiger charge is 2.31. The van der Waals surface area contributed by atoms with Crippen molar-refractivity contribution in [3.05, 3.63) is 28.8 Å². The first kappa shape index (κ1) is 15.0. The molecule has 1 saturated heterocycles. The van der Waals surface area contributed by atoms with Crippen LogP contribution in [0.2, 0.25) is 0 Å². The maximum absolute atomic E-state index is 6.16. The maximum Gasteiger partial charge on any atom is 0.135 e. The van der Waals surface area contributed by atoms with Gasteiger partial charge in [0.15, 0.2) is 0 Å². The Hall–Kier alpha value is -0.430. The molecule has 2 unspecified atom stereocenters. The third-order valence-corrected chi connectivity index (χ3v) is 5.94. The van der Waals surface area contributed by atoms with Crippen LogP contribution in [0.15, 0.2) is 12.1 Å². The molecule has 0 bridgehead atoms. The van der Waals surface area contributed by atoms with Crippen molar-refractivity contribution in [1.29, 1.82) is 0 Å². The van der Waals surface area contributed by atoms with Crippen LogP contribution in [0.5, 0.6) is 0 Å². The van der Waals surface area contributed by atoms with Crippen molar-refractivity contribution < 1.29 is 4.52 Å². The van der Waals surface area contributed by atoms with Gasteiger partial charge in [-0.1, -0.05) is 38.5 Å². The Morgan fingerprint density at radius 3 is 2.16 bits per heavy atom. The van der Waals surface area contributed by atoms with Gasteiger partial charge < -0.3 is 4.52 Å². The van der Waals surface area contributed by atoms with E-state index >= 15 is 0 Å². The molecule has 1 aliphatic heterocycles. The first-order valence-electron chi connectivity index (χ1n) is 7.03. The van der Waals surface area contributed by atoms with E-state index in [2.05, 4.69) is 58.8 Å². The molecule has 19 heavy (non-hydrogen) atoms. The van der Waals surface area contributed by atoms with Crippen molar-refractivity contribution in [3.63, 3.8) is 0 Å². The fourth-order valence-corrected chi connectivity index (χ4v) is 4.52. The molecule has 0 radical (unpaired) electrons. The molecule has 1 N–H and O–H groups in total. The van der Waals surface area contributed by atoms with Gasteiger partial charge in [-0.15, -0.1) is 0 Å². The Balaban J connectivity index is 2.14. The minimum absolute atomic E-state index is 0.311. The normalized spacial score (nSPS) is 24.5. The zero-order chi connectivity index (χ0) is 14.2. The summed E-state index contributed by atoms with van der Waals surface area (Å²) in [4.78, 5) is 0. The minimum Gasteiger partial charge on any atom is -0.339 e. The summed E-state index contributed by atoms with van der Waals surface area (Å²) in [6, 6.07) is 4.51. The van der Waals surface area contributed by atoms with Crippen LogP contribution in [0.4, 0.5) is 0 Å². The molecular formula is C16H26NOP. The van der Waals surface area contributed by atoms with Gasteiger partial charge in [0.2, 0.25) is 0 Å². The highest BCUT2D eigenvalue weighted by Crippen LogP contribution is 2.41. The summed E-state index contributed by atoms with van der Waals surface area (Å²) in [5.41, 5.74) is 4.35. The number of nitrogens with one attached hydrogen (secondary N) is 1. The molecule has 0 aliphatic carbocycles. The van der Waals surface area contributed by atoms with E-state index in [1.807, 2.05) is 0 Å². The molecule has 0 spiro atoms. The summed E-state index contributed by atoms with van der Waals surface area (Å²) in [5, 5.41) is 5.02. The third kappa shape index (κ3) is 3.37. The number of benzene rings is 1. The van der Waals surface area contributed by atoms with Gasteiger partial charge in [0.25, 0.3) is 0 Å². The SMILES string of the molecule is Cc1cc(C)c(P2NCC(C(C)(C)C)CO2)c(C)c1. The monoisotopic (exact) mass is 279 g/mol. The van der Waals surface area contributed by atoms with Gasteiger partial charge in [0.05, 0.1) is 6.61 Å². The molecule has 3 heteroatoms. The van der Waals surface area contributed by atoms with E-state index in [1.165, 1.54) is 22.0 Å². The van der Waals surface area contributed by atoms with Crippen LogP contribution in [-0.2, 0) is 4.52 Å². The summed E-state index contributed by atoms with van der Waals surface area (Å²) in [6.07, 6.45) is 0. The summed E-state index contributed by atoms with van der Waals surface area (Å²) >= 11 is 0. The van der Waals surface area contributed by atoms with Crippen LogP contribution in [0.1, 0.15) is 37.5 Å². The van der Waals surface area contributed by atoms with Gasteiger partial charge >= 0.3 is 0 Å². The number of aryl methyl sites for hydroxylation is 3. The van der Waals surface area contributed by atoms with Gasteiger partial charge in [-0.05, 0) is 37.3 Å². The second-order valence-electron chi connectivity index (χ2n) is 6.76. The van der Waals surface area contributed by atoms with Crippen LogP contribution in [0, 0.1) is 32.1 Å². The zero-order valence-electron chi connectivity index (χ0n) is 13.0. The lowest BCUT2D eigenvalue weighted by Gasteiger charge is -2.38. The van der Waals surface area contributed by atoms with E-state index in [1.54, 1.807) is 0 Å². The largest absolute Gasteiger partial charge is 0.339 e. The predicted octanol–water partition coefficient (Wildman–Crippen LogP) is 3.83. The molecule has 0 amide bonds. The molecule has 106 valence electrons. The Morgan fingerprint density at radius 1 is 1.16 bits per heavy atom. The van der Waals surface area contributed by atoms with Gasteiger partial charge in [0, 0.05) is 17.8 Å². The molecule has 1 aromatic rings. The van der Waals surface area contributed by atoms with Crippen molar-refractivity contribution in [1.82, 2.24) is 5.09 Å². The first-order chi connectivity index (χ1) is 8.79. The molecule has 2 nitrogen and oxygen atoms in total. The molecule has 1 aromatic carbocycles. The molecule has 1 aliphatic rings. The average Bonchev–Trinajstić information content (AvgIpc) is 2.27. The van der Waals surface area contributed by atoms with Crippen molar-refractivity contribution in [2.45, 2.75) is 41.5 Å². The Bertz CT molecular complexity index is 433. The van der Waals surface area contributed by atoms with Crippen molar-refractivity contribution in [2.24, 2.45) is 11.3 Å². The zero-order valence-corrected chi connectivity index (χ0v) is 13.9. The topological polar surface area (TPSA) is 21.3 Å². The van der Waals surface area contributed by atoms with E-state index in [0.717, 1.165) is 13.2 Å². The number of rotatable bonds is 1. The van der Waals surface area contributed by atoms with Crippen LogP contribution < -0.4 is 10.4 Å². The van der Waals surface area contributed by atoms with E-state index in [4.69, 9.17) is 4.52 Å². The van der Waals surface area contributed by atoms with Crippen LogP contribution in [0.3, 0.4) is 0 Å². The number of hydrogen-bond donors (Lipinski definition) is 1. The second kappa shape index (κ2) is 5.52. The fraction of sp³-hybridized carbons (Fsp3) is 0.625. The molecule has 2 atom stereocenters. The lowest BCUT2D eigenvalue weighted by Crippen LogP contribution is -2.39. The first-order valence-corrected chi connectivity index (χ1v) is 8.29. The van der Waals surface area contributed by atoms with Crippen molar-refractivity contribution in [3.8, 4) is 0 Å². The molecule has 1 heterocycles. The summed E-state index contributed by atoms with van der Waals surface area (Å²) in [7, 11) is -0.645. The van der Waals surface area contributed by atoms with Gasteiger partial charge in [-0.3, -0.25) is 5.09 Å².